The first-order valence-electron chi connectivity index (χ1n) is 8.45. The lowest BCUT2D eigenvalue weighted by Gasteiger charge is -2.42. The molecule has 0 amide bonds. The minimum Gasteiger partial charge on any atom is -0.199 e. The molecule has 0 saturated heterocycles. The summed E-state index contributed by atoms with van der Waals surface area (Å²) in [4.78, 5) is 0. The maximum atomic E-state index is 14.5. The fourth-order valence-electron chi connectivity index (χ4n) is 3.43. The van der Waals surface area contributed by atoms with E-state index in [-0.39, 0.29) is 6.42 Å². The van der Waals surface area contributed by atoms with E-state index in [1.165, 1.54) is 26.0 Å². The van der Waals surface area contributed by atoms with Gasteiger partial charge in [0.25, 0.3) is 0 Å². The minimum absolute atomic E-state index is 0.272. The molecule has 1 fully saturated rings. The summed E-state index contributed by atoms with van der Waals surface area (Å²) < 4.78 is 173. The second kappa shape index (κ2) is 7.92. The molecule has 176 valence electrons. The summed E-state index contributed by atoms with van der Waals surface area (Å²) in [5.74, 6) is -41.7. The molecule has 1 aliphatic rings. The van der Waals surface area contributed by atoms with Gasteiger partial charge in [0.15, 0.2) is 0 Å². The monoisotopic (exact) mass is 468 g/mol. The highest BCUT2D eigenvalue weighted by Crippen LogP contribution is 2.63. The van der Waals surface area contributed by atoms with E-state index in [9.17, 15) is 57.1 Å². The summed E-state index contributed by atoms with van der Waals surface area (Å²) in [5, 5.41) is 0. The summed E-state index contributed by atoms with van der Waals surface area (Å²) in [5.41, 5.74) is 0. The number of rotatable bonds is 7. The fourth-order valence-corrected chi connectivity index (χ4v) is 3.43. The van der Waals surface area contributed by atoms with Crippen LogP contribution in [0.3, 0.4) is 0 Å². The van der Waals surface area contributed by atoms with Crippen molar-refractivity contribution in [2.24, 2.45) is 17.8 Å². The molecule has 0 aromatic rings. The van der Waals surface area contributed by atoms with Gasteiger partial charge in [-0.3, -0.25) is 0 Å². The highest BCUT2D eigenvalue weighted by atomic mass is 19.4. The molecule has 0 spiro atoms. The number of alkyl halides is 13. The van der Waals surface area contributed by atoms with E-state index in [2.05, 4.69) is 0 Å². The number of hydrogen-bond donors (Lipinski definition) is 0. The molecule has 3 unspecified atom stereocenters. The smallest absolute Gasteiger partial charge is 0.199 e. The Morgan fingerprint density at radius 3 is 1.40 bits per heavy atom. The molecule has 1 aliphatic carbocycles. The van der Waals surface area contributed by atoms with Gasteiger partial charge in [0, 0.05) is 5.92 Å². The van der Waals surface area contributed by atoms with Crippen molar-refractivity contribution in [2.45, 2.75) is 62.5 Å². The average Bonchev–Trinajstić information content (AvgIpc) is 2.97. The van der Waals surface area contributed by atoms with Crippen LogP contribution in [0.5, 0.6) is 0 Å². The second-order valence-corrected chi connectivity index (χ2v) is 6.97. The van der Waals surface area contributed by atoms with Crippen LogP contribution in [0, 0.1) is 17.8 Å². The summed E-state index contributed by atoms with van der Waals surface area (Å²) in [6.07, 6.45) is -3.93. The van der Waals surface area contributed by atoms with Gasteiger partial charge in [0.1, 0.15) is 0 Å². The number of halogens is 13. The molecule has 1 saturated carbocycles. The van der Waals surface area contributed by atoms with Crippen molar-refractivity contribution in [1.29, 1.82) is 0 Å². The minimum atomic E-state index is -7.86. The maximum Gasteiger partial charge on any atom is 0.460 e. The third kappa shape index (κ3) is 3.80. The summed E-state index contributed by atoms with van der Waals surface area (Å²) in [7, 11) is 0. The fraction of sp³-hybridized carbons (Fsp3) is 0.765. The van der Waals surface area contributed by atoms with Gasteiger partial charge in [-0.05, 0) is 38.5 Å². The molecule has 0 radical (unpaired) electrons. The molecule has 0 nitrogen and oxygen atoms in total. The molecule has 0 aliphatic heterocycles. The van der Waals surface area contributed by atoms with Gasteiger partial charge < -0.3 is 0 Å². The van der Waals surface area contributed by atoms with Crippen molar-refractivity contribution in [3.8, 4) is 0 Å². The first kappa shape index (κ1) is 26.6. The molecule has 0 aromatic heterocycles. The summed E-state index contributed by atoms with van der Waals surface area (Å²) >= 11 is 0. The highest BCUT2D eigenvalue weighted by Gasteiger charge is 2.91. The molecule has 13 heteroatoms. The second-order valence-electron chi connectivity index (χ2n) is 6.97. The predicted octanol–water partition coefficient (Wildman–Crippen LogP) is 7.52. The van der Waals surface area contributed by atoms with Crippen LogP contribution in [0.2, 0.25) is 0 Å². The normalized spacial score (nSPS) is 25.6. The standard InChI is InChI=1S/C17H17F13/c1-3-5-9-7-10(6-4-2)11(8-9)12(18,19)13(20,21)14(22,23)15(24,25)16(26,27)17(28,29)30/h3-6,9-11H,7-8H2,1-2H3/b5-3-,6-4-. The molecular weight excluding hydrogens is 451 g/mol. The van der Waals surface area contributed by atoms with E-state index in [0.717, 1.165) is 12.2 Å². The Bertz CT molecular complexity index is 657. The number of allylic oxidation sites excluding steroid dienone is 4. The van der Waals surface area contributed by atoms with Gasteiger partial charge in [-0.2, -0.15) is 57.1 Å². The molecule has 0 bridgehead atoms. The number of hydrogen-bond acceptors (Lipinski definition) is 0. The van der Waals surface area contributed by atoms with Crippen LogP contribution in [-0.4, -0.2) is 35.8 Å². The maximum absolute atomic E-state index is 14.5. The third-order valence-electron chi connectivity index (χ3n) is 4.98. The van der Waals surface area contributed by atoms with Crippen molar-refractivity contribution in [2.75, 3.05) is 0 Å². The van der Waals surface area contributed by atoms with Crippen LogP contribution >= 0.6 is 0 Å². The van der Waals surface area contributed by atoms with Crippen LogP contribution in [-0.2, 0) is 0 Å². The van der Waals surface area contributed by atoms with E-state index in [1.54, 1.807) is 0 Å². The topological polar surface area (TPSA) is 0 Å². The van der Waals surface area contributed by atoms with Crippen molar-refractivity contribution in [1.82, 2.24) is 0 Å². The van der Waals surface area contributed by atoms with Crippen molar-refractivity contribution < 1.29 is 57.1 Å². The van der Waals surface area contributed by atoms with E-state index in [0.29, 0.717) is 0 Å². The lowest BCUT2D eigenvalue weighted by molar-refractivity contribution is -0.443. The van der Waals surface area contributed by atoms with Crippen LogP contribution in [0.15, 0.2) is 24.3 Å². The van der Waals surface area contributed by atoms with E-state index >= 15 is 0 Å². The zero-order chi connectivity index (χ0) is 24.0. The van der Waals surface area contributed by atoms with Crippen molar-refractivity contribution in [3.05, 3.63) is 24.3 Å². The van der Waals surface area contributed by atoms with Crippen molar-refractivity contribution >= 4 is 0 Å². The van der Waals surface area contributed by atoms with Gasteiger partial charge in [-0.25, -0.2) is 0 Å². The van der Waals surface area contributed by atoms with E-state index in [1.807, 2.05) is 0 Å². The Morgan fingerprint density at radius 2 is 1.00 bits per heavy atom. The van der Waals surface area contributed by atoms with Crippen molar-refractivity contribution in [3.63, 3.8) is 0 Å². The average molecular weight is 468 g/mol. The Balaban J connectivity index is 3.51. The molecule has 30 heavy (non-hydrogen) atoms. The van der Waals surface area contributed by atoms with Crippen LogP contribution < -0.4 is 0 Å². The van der Waals surface area contributed by atoms with Gasteiger partial charge >= 0.3 is 35.8 Å². The first-order valence-corrected chi connectivity index (χ1v) is 8.45. The van der Waals surface area contributed by atoms with Gasteiger partial charge in [-0.15, -0.1) is 0 Å². The molecule has 1 rings (SSSR count). The quantitative estimate of drug-likeness (QED) is 0.268. The Kier molecular flexibility index (Phi) is 7.02. The molecule has 0 aromatic carbocycles. The van der Waals surface area contributed by atoms with Crippen LogP contribution in [0.1, 0.15) is 26.7 Å². The molecule has 0 heterocycles. The van der Waals surface area contributed by atoms with E-state index < -0.39 is 60.0 Å². The Morgan fingerprint density at radius 1 is 0.567 bits per heavy atom. The Labute approximate surface area is 162 Å². The van der Waals surface area contributed by atoms with Gasteiger partial charge in [0.2, 0.25) is 0 Å². The Hall–Kier alpha value is -1.43. The largest absolute Gasteiger partial charge is 0.460 e. The highest BCUT2D eigenvalue weighted by molar-refractivity contribution is 5.15. The lowest BCUT2D eigenvalue weighted by atomic mass is 9.82. The summed E-state index contributed by atoms with van der Waals surface area (Å²) in [6.45, 7) is 2.70. The third-order valence-corrected chi connectivity index (χ3v) is 4.98. The predicted molar refractivity (Wildman–Crippen MR) is 80.1 cm³/mol. The van der Waals surface area contributed by atoms with Crippen LogP contribution in [0.4, 0.5) is 57.1 Å². The molecule has 3 atom stereocenters. The zero-order valence-electron chi connectivity index (χ0n) is 15.4. The zero-order valence-corrected chi connectivity index (χ0v) is 15.4. The van der Waals surface area contributed by atoms with E-state index in [4.69, 9.17) is 0 Å². The van der Waals surface area contributed by atoms with Gasteiger partial charge in [-0.1, -0.05) is 24.3 Å². The molecule has 0 N–H and O–H groups in total. The van der Waals surface area contributed by atoms with Gasteiger partial charge in [0.05, 0.1) is 0 Å². The SMILES string of the molecule is C/C=C\C1CC(/C=C\C)C(C(F)(F)C(F)(F)C(F)(F)C(F)(F)C(F)(F)C(F)(F)F)C1. The molecular formula is C17H17F13. The van der Waals surface area contributed by atoms with Crippen LogP contribution in [0.25, 0.3) is 0 Å². The summed E-state index contributed by atoms with van der Waals surface area (Å²) in [6, 6.07) is 0. The lowest BCUT2D eigenvalue weighted by Crippen LogP contribution is -2.71. The first-order chi connectivity index (χ1) is 13.2.